The molecule has 4 rings (SSSR count). The Morgan fingerprint density at radius 2 is 1.67 bits per heavy atom. The van der Waals surface area contributed by atoms with Crippen molar-refractivity contribution in [2.24, 2.45) is 5.92 Å². The smallest absolute Gasteiger partial charge is 0.323 e. The molecule has 3 atom stereocenters. The van der Waals surface area contributed by atoms with E-state index < -0.39 is 24.0 Å². The van der Waals surface area contributed by atoms with Crippen molar-refractivity contribution in [3.63, 3.8) is 0 Å². The number of fused-ring (bicyclic) bond motifs is 1. The number of carbonyl (C=O) groups is 3. The summed E-state index contributed by atoms with van der Waals surface area (Å²) < 4.78 is 19.6. The lowest BCUT2D eigenvalue weighted by molar-refractivity contribution is -0.134. The fourth-order valence-corrected chi connectivity index (χ4v) is 4.65. The Morgan fingerprint density at radius 3 is 2.36 bits per heavy atom. The lowest BCUT2D eigenvalue weighted by Gasteiger charge is -2.34. The number of rotatable bonds is 7. The van der Waals surface area contributed by atoms with Crippen LogP contribution in [0.3, 0.4) is 0 Å². The standard InChI is InChI=1S/C31H36FN5O5/c1-20-17-37(21(2)19-38)29(39)16-22-15-26(34-30(40)33-25-11-9-23(32)10-12-25)13-14-27(22)42-28(20)18-36(3)31(41)35-24-7-5-4-6-8-24/h4-15,20-21,28,38H,16-19H2,1-3H3,(H,35,41)(H2,33,34,40)/t20-,21-,28+/m0/s1. The van der Waals surface area contributed by atoms with E-state index in [9.17, 15) is 23.9 Å². The van der Waals surface area contributed by atoms with Crippen molar-refractivity contribution in [2.45, 2.75) is 32.4 Å². The number of benzene rings is 3. The van der Waals surface area contributed by atoms with Crippen molar-refractivity contribution in [1.29, 1.82) is 0 Å². The minimum absolute atomic E-state index is 0.0153. The van der Waals surface area contributed by atoms with Gasteiger partial charge in [-0.2, -0.15) is 0 Å². The first kappa shape index (κ1) is 30.3. The molecule has 0 saturated heterocycles. The highest BCUT2D eigenvalue weighted by Gasteiger charge is 2.32. The fraction of sp³-hybridized carbons (Fsp3) is 0.323. The van der Waals surface area contributed by atoms with Gasteiger partial charge in [0.05, 0.1) is 25.6 Å². The molecule has 42 heavy (non-hydrogen) atoms. The summed E-state index contributed by atoms with van der Waals surface area (Å²) in [6.07, 6.45) is -0.506. The van der Waals surface area contributed by atoms with E-state index in [1.807, 2.05) is 25.1 Å². The van der Waals surface area contributed by atoms with Crippen LogP contribution in [0.25, 0.3) is 0 Å². The van der Waals surface area contributed by atoms with Crippen LogP contribution in [0.4, 0.5) is 31.0 Å². The van der Waals surface area contributed by atoms with Crippen LogP contribution in [0.2, 0.25) is 0 Å². The molecule has 0 aromatic heterocycles. The van der Waals surface area contributed by atoms with Gasteiger partial charge in [-0.3, -0.25) is 4.79 Å². The van der Waals surface area contributed by atoms with Crippen molar-refractivity contribution in [2.75, 3.05) is 42.7 Å². The van der Waals surface area contributed by atoms with Gasteiger partial charge in [0.25, 0.3) is 0 Å². The van der Waals surface area contributed by atoms with Crippen LogP contribution in [0.5, 0.6) is 5.75 Å². The third-order valence-electron chi connectivity index (χ3n) is 7.10. The summed E-state index contributed by atoms with van der Waals surface area (Å²) in [6.45, 7) is 4.06. The number of ether oxygens (including phenoxy) is 1. The Labute approximate surface area is 244 Å². The van der Waals surface area contributed by atoms with Crippen LogP contribution >= 0.6 is 0 Å². The predicted molar refractivity (Wildman–Crippen MR) is 159 cm³/mol. The van der Waals surface area contributed by atoms with Crippen molar-refractivity contribution in [3.8, 4) is 5.75 Å². The Morgan fingerprint density at radius 1 is 1.02 bits per heavy atom. The van der Waals surface area contributed by atoms with E-state index in [0.29, 0.717) is 34.9 Å². The number of likely N-dealkylation sites (N-methyl/N-ethyl adjacent to an activating group) is 1. The molecule has 1 aliphatic heterocycles. The van der Waals surface area contributed by atoms with Gasteiger partial charge >= 0.3 is 12.1 Å². The molecule has 0 saturated carbocycles. The fourth-order valence-electron chi connectivity index (χ4n) is 4.65. The number of aliphatic hydroxyl groups excluding tert-OH is 1. The van der Waals surface area contributed by atoms with Crippen LogP contribution in [-0.2, 0) is 11.2 Å². The van der Waals surface area contributed by atoms with E-state index in [0.717, 1.165) is 0 Å². The maximum atomic E-state index is 13.4. The summed E-state index contributed by atoms with van der Waals surface area (Å²) in [4.78, 5) is 42.1. The van der Waals surface area contributed by atoms with Gasteiger partial charge in [0, 0.05) is 42.1 Å². The number of hydrogen-bond donors (Lipinski definition) is 4. The summed E-state index contributed by atoms with van der Waals surface area (Å²) >= 11 is 0. The summed E-state index contributed by atoms with van der Waals surface area (Å²) in [5, 5.41) is 18.1. The highest BCUT2D eigenvalue weighted by molar-refractivity contribution is 6.00. The molecule has 0 aliphatic carbocycles. The molecule has 5 amide bonds. The highest BCUT2D eigenvalue weighted by atomic mass is 19.1. The monoisotopic (exact) mass is 577 g/mol. The number of nitrogens with zero attached hydrogens (tertiary/aromatic N) is 2. The van der Waals surface area contributed by atoms with Gasteiger partial charge in [-0.05, 0) is 61.5 Å². The average molecular weight is 578 g/mol. The Kier molecular flexibility index (Phi) is 9.98. The second-order valence-electron chi connectivity index (χ2n) is 10.5. The lowest BCUT2D eigenvalue weighted by atomic mass is 10.0. The zero-order valence-corrected chi connectivity index (χ0v) is 23.8. The second kappa shape index (κ2) is 13.8. The van der Waals surface area contributed by atoms with Crippen molar-refractivity contribution in [3.05, 3.63) is 84.2 Å². The first-order valence-electron chi connectivity index (χ1n) is 13.7. The van der Waals surface area contributed by atoms with Gasteiger partial charge in [0.1, 0.15) is 17.7 Å². The Hall–Kier alpha value is -4.64. The van der Waals surface area contributed by atoms with Gasteiger partial charge in [-0.15, -0.1) is 0 Å². The predicted octanol–water partition coefficient (Wildman–Crippen LogP) is 4.78. The van der Waals surface area contributed by atoms with E-state index in [2.05, 4.69) is 16.0 Å². The maximum absolute atomic E-state index is 13.4. The second-order valence-corrected chi connectivity index (χ2v) is 10.5. The van der Waals surface area contributed by atoms with E-state index in [-0.39, 0.29) is 37.4 Å². The molecule has 11 heteroatoms. The minimum atomic E-state index is -0.537. The molecule has 0 spiro atoms. The molecule has 222 valence electrons. The van der Waals surface area contributed by atoms with Crippen molar-refractivity contribution < 1.29 is 28.6 Å². The van der Waals surface area contributed by atoms with Gasteiger partial charge in [-0.25, -0.2) is 14.0 Å². The zero-order valence-electron chi connectivity index (χ0n) is 23.8. The number of urea groups is 2. The zero-order chi connectivity index (χ0) is 30.2. The SMILES string of the molecule is C[C@H]1CN([C@@H](C)CO)C(=O)Cc2cc(NC(=O)Nc3ccc(F)cc3)ccc2O[C@@H]1CN(C)C(=O)Nc1ccccc1. The number of aliphatic hydroxyl groups is 1. The average Bonchev–Trinajstić information content (AvgIpc) is 3.01. The number of amides is 5. The topological polar surface area (TPSA) is 123 Å². The van der Waals surface area contributed by atoms with Crippen molar-refractivity contribution >= 4 is 35.0 Å². The number of para-hydroxylation sites is 1. The van der Waals surface area contributed by atoms with Crippen LogP contribution in [0.15, 0.2) is 72.8 Å². The molecule has 0 unspecified atom stereocenters. The Balaban J connectivity index is 1.55. The molecule has 3 aromatic carbocycles. The van der Waals surface area contributed by atoms with Crippen LogP contribution < -0.4 is 20.7 Å². The maximum Gasteiger partial charge on any atom is 0.323 e. The Bertz CT molecular complexity index is 1390. The van der Waals surface area contributed by atoms with Crippen molar-refractivity contribution in [1.82, 2.24) is 9.80 Å². The van der Waals surface area contributed by atoms with E-state index >= 15 is 0 Å². The number of anilines is 3. The minimum Gasteiger partial charge on any atom is -0.488 e. The highest BCUT2D eigenvalue weighted by Crippen LogP contribution is 2.29. The lowest BCUT2D eigenvalue weighted by Crippen LogP contribution is -2.48. The van der Waals surface area contributed by atoms with Gasteiger partial charge < -0.3 is 35.6 Å². The van der Waals surface area contributed by atoms with E-state index in [4.69, 9.17) is 4.74 Å². The number of carbonyl (C=O) groups excluding carboxylic acids is 3. The molecule has 0 fully saturated rings. The van der Waals surface area contributed by atoms with Gasteiger partial charge in [-0.1, -0.05) is 25.1 Å². The number of halogens is 1. The van der Waals surface area contributed by atoms with Crippen LogP contribution in [0.1, 0.15) is 19.4 Å². The molecule has 1 heterocycles. The molecule has 4 N–H and O–H groups in total. The van der Waals surface area contributed by atoms with Gasteiger partial charge in [0.2, 0.25) is 5.91 Å². The van der Waals surface area contributed by atoms with E-state index in [1.165, 1.54) is 29.2 Å². The third kappa shape index (κ3) is 7.97. The van der Waals surface area contributed by atoms with Gasteiger partial charge in [0.15, 0.2) is 0 Å². The summed E-state index contributed by atoms with van der Waals surface area (Å²) in [5.41, 5.74) is 2.06. The number of hydrogen-bond acceptors (Lipinski definition) is 5. The summed E-state index contributed by atoms with van der Waals surface area (Å²) in [5.74, 6) is -0.347. The normalized spacial score (nSPS) is 17.5. The molecular weight excluding hydrogens is 541 g/mol. The van der Waals surface area contributed by atoms with Crippen LogP contribution in [-0.4, -0.2) is 71.8 Å². The summed E-state index contributed by atoms with van der Waals surface area (Å²) in [7, 11) is 1.67. The molecular formula is C31H36FN5O5. The molecule has 1 aliphatic rings. The molecule has 10 nitrogen and oxygen atoms in total. The quantitative estimate of drug-likeness (QED) is 0.322. The first-order chi connectivity index (χ1) is 20.1. The molecule has 3 aromatic rings. The number of nitrogens with one attached hydrogen (secondary N) is 3. The third-order valence-corrected chi connectivity index (χ3v) is 7.10. The first-order valence-corrected chi connectivity index (χ1v) is 13.7. The molecule has 0 radical (unpaired) electrons. The summed E-state index contributed by atoms with van der Waals surface area (Å²) in [6, 6.07) is 18.2. The van der Waals surface area contributed by atoms with Crippen LogP contribution in [0, 0.1) is 11.7 Å². The largest absolute Gasteiger partial charge is 0.488 e. The van der Waals surface area contributed by atoms with E-state index in [1.54, 1.807) is 49.2 Å². The molecule has 0 bridgehead atoms.